The van der Waals surface area contributed by atoms with Gasteiger partial charge in [-0.25, -0.2) is 14.4 Å². The summed E-state index contributed by atoms with van der Waals surface area (Å²) in [5.41, 5.74) is 4.41. The predicted molar refractivity (Wildman–Crippen MR) is 102 cm³/mol. The zero-order valence-electron chi connectivity index (χ0n) is 15.1. The number of hydrogen-bond donors (Lipinski definition) is 0. The quantitative estimate of drug-likeness (QED) is 0.690. The second kappa shape index (κ2) is 6.41. The summed E-state index contributed by atoms with van der Waals surface area (Å²) in [6.07, 6.45) is 9.56. The molecule has 5 rings (SSSR count). The Balaban J connectivity index is 1.43. The molecule has 1 aliphatic carbocycles. The fourth-order valence-electron chi connectivity index (χ4n) is 4.85. The van der Waals surface area contributed by atoms with E-state index >= 15 is 0 Å². The van der Waals surface area contributed by atoms with E-state index in [1.165, 1.54) is 29.1 Å². The number of anilines is 1. The summed E-state index contributed by atoms with van der Waals surface area (Å²) in [7, 11) is 0. The van der Waals surface area contributed by atoms with Crippen LogP contribution in [0.2, 0.25) is 0 Å². The molecule has 1 atom stereocenters. The van der Waals surface area contributed by atoms with Gasteiger partial charge in [-0.3, -0.25) is 4.98 Å². The lowest BCUT2D eigenvalue weighted by molar-refractivity contribution is 0.320. The van der Waals surface area contributed by atoms with Gasteiger partial charge in [0, 0.05) is 31.4 Å². The summed E-state index contributed by atoms with van der Waals surface area (Å²) in [5.74, 6) is 0.640. The summed E-state index contributed by atoms with van der Waals surface area (Å²) < 4.78 is 13.1. The number of pyridine rings is 1. The molecule has 1 saturated heterocycles. The first-order chi connectivity index (χ1) is 13.3. The van der Waals surface area contributed by atoms with Gasteiger partial charge in [0.15, 0.2) is 5.82 Å². The van der Waals surface area contributed by atoms with Crippen LogP contribution in [0.4, 0.5) is 10.3 Å². The second-order valence-electron chi connectivity index (χ2n) is 7.60. The van der Waals surface area contributed by atoms with E-state index in [-0.39, 0.29) is 5.41 Å². The van der Waals surface area contributed by atoms with Crippen LogP contribution < -0.4 is 4.90 Å². The Kier molecular flexibility index (Phi) is 3.88. The van der Waals surface area contributed by atoms with E-state index in [2.05, 4.69) is 50.2 Å². The minimum Gasteiger partial charge on any atom is -0.341 e. The Morgan fingerprint density at radius 2 is 1.74 bits per heavy atom. The molecule has 0 bridgehead atoms. The summed E-state index contributed by atoms with van der Waals surface area (Å²) >= 11 is 0. The smallest absolute Gasteiger partial charge is 0.225 e. The molecule has 0 saturated carbocycles. The molecule has 0 unspecified atom stereocenters. The van der Waals surface area contributed by atoms with Gasteiger partial charge in [0.25, 0.3) is 0 Å². The molecule has 1 aromatic carbocycles. The van der Waals surface area contributed by atoms with E-state index in [1.807, 2.05) is 18.5 Å². The maximum Gasteiger partial charge on any atom is 0.225 e. The number of benzene rings is 1. The molecular formula is C22H21FN4. The van der Waals surface area contributed by atoms with Crippen molar-refractivity contribution in [2.75, 3.05) is 18.0 Å². The number of hydrogen-bond acceptors (Lipinski definition) is 4. The first kappa shape index (κ1) is 16.4. The molecule has 4 nitrogen and oxygen atoms in total. The standard InChI is InChI=1S/C22H21FN4/c23-17-14-25-21(26-15-17)27-10-7-22(8-11-27)12-19(16-4-3-9-24-13-16)18-5-1-2-6-20(18)22/h1-6,9,13-15,19H,7-8,10-12H2/t19-/m1/s1. The number of aromatic nitrogens is 3. The minimum absolute atomic E-state index is 0.188. The molecule has 5 heteroatoms. The highest BCUT2D eigenvalue weighted by atomic mass is 19.1. The first-order valence-electron chi connectivity index (χ1n) is 9.47. The lowest BCUT2D eigenvalue weighted by Gasteiger charge is -2.40. The highest BCUT2D eigenvalue weighted by Gasteiger charge is 2.45. The van der Waals surface area contributed by atoms with Gasteiger partial charge in [0.2, 0.25) is 5.95 Å². The van der Waals surface area contributed by atoms with Gasteiger partial charge in [0.1, 0.15) is 0 Å². The van der Waals surface area contributed by atoms with Gasteiger partial charge in [0.05, 0.1) is 12.4 Å². The third-order valence-corrected chi connectivity index (χ3v) is 6.20. The topological polar surface area (TPSA) is 41.9 Å². The van der Waals surface area contributed by atoms with Gasteiger partial charge >= 0.3 is 0 Å². The molecular weight excluding hydrogens is 339 g/mol. The SMILES string of the molecule is Fc1cnc(N2CCC3(CC2)C[C@H](c2cccnc2)c2ccccc23)nc1. The molecule has 0 N–H and O–H groups in total. The largest absolute Gasteiger partial charge is 0.341 e. The van der Waals surface area contributed by atoms with E-state index in [9.17, 15) is 4.39 Å². The lowest BCUT2D eigenvalue weighted by Crippen LogP contribution is -2.42. The zero-order chi connectivity index (χ0) is 18.3. The molecule has 2 aliphatic rings. The van der Waals surface area contributed by atoms with E-state index < -0.39 is 5.82 Å². The van der Waals surface area contributed by atoms with Crippen LogP contribution >= 0.6 is 0 Å². The molecule has 2 aromatic heterocycles. The van der Waals surface area contributed by atoms with Crippen molar-refractivity contribution in [3.05, 3.63) is 83.7 Å². The van der Waals surface area contributed by atoms with E-state index in [0.717, 1.165) is 32.4 Å². The number of fused-ring (bicyclic) bond motifs is 2. The Morgan fingerprint density at radius 3 is 2.48 bits per heavy atom. The van der Waals surface area contributed by atoms with Crippen LogP contribution in [0.25, 0.3) is 0 Å². The predicted octanol–water partition coefficient (Wildman–Crippen LogP) is 4.08. The number of piperidine rings is 1. The van der Waals surface area contributed by atoms with E-state index in [1.54, 1.807) is 0 Å². The molecule has 27 heavy (non-hydrogen) atoms. The highest BCUT2D eigenvalue weighted by Crippen LogP contribution is 2.53. The highest BCUT2D eigenvalue weighted by molar-refractivity contribution is 5.48. The van der Waals surface area contributed by atoms with E-state index in [4.69, 9.17) is 0 Å². The van der Waals surface area contributed by atoms with Crippen LogP contribution in [0.3, 0.4) is 0 Å². The first-order valence-corrected chi connectivity index (χ1v) is 9.47. The van der Waals surface area contributed by atoms with Crippen LogP contribution in [0, 0.1) is 5.82 Å². The molecule has 0 amide bonds. The van der Waals surface area contributed by atoms with Crippen LogP contribution in [0.5, 0.6) is 0 Å². The maximum atomic E-state index is 13.1. The molecule has 3 heterocycles. The summed E-state index contributed by atoms with van der Waals surface area (Å²) in [6, 6.07) is 13.1. The Bertz CT molecular complexity index is 934. The molecule has 1 aliphatic heterocycles. The molecule has 1 fully saturated rings. The number of rotatable bonds is 2. The molecule has 1 spiro atoms. The van der Waals surface area contributed by atoms with Crippen molar-refractivity contribution < 1.29 is 4.39 Å². The fourth-order valence-corrected chi connectivity index (χ4v) is 4.85. The van der Waals surface area contributed by atoms with Gasteiger partial charge < -0.3 is 4.90 Å². The van der Waals surface area contributed by atoms with Crippen molar-refractivity contribution in [3.8, 4) is 0 Å². The Morgan fingerprint density at radius 1 is 0.963 bits per heavy atom. The van der Waals surface area contributed by atoms with Crippen molar-refractivity contribution in [3.63, 3.8) is 0 Å². The Hall–Kier alpha value is -2.82. The van der Waals surface area contributed by atoms with Gasteiger partial charge in [-0.1, -0.05) is 30.3 Å². The third kappa shape index (κ3) is 2.78. The van der Waals surface area contributed by atoms with E-state index in [0.29, 0.717) is 11.9 Å². The molecule has 136 valence electrons. The van der Waals surface area contributed by atoms with Gasteiger partial charge in [-0.05, 0) is 47.4 Å². The monoisotopic (exact) mass is 360 g/mol. The minimum atomic E-state index is -0.392. The van der Waals surface area contributed by atoms with Crippen LogP contribution in [-0.2, 0) is 5.41 Å². The van der Waals surface area contributed by atoms with Crippen molar-refractivity contribution in [2.24, 2.45) is 0 Å². The van der Waals surface area contributed by atoms with Gasteiger partial charge in [-0.15, -0.1) is 0 Å². The van der Waals surface area contributed by atoms with Crippen LogP contribution in [0.15, 0.2) is 61.2 Å². The molecule has 0 radical (unpaired) electrons. The summed E-state index contributed by atoms with van der Waals surface area (Å²) in [6.45, 7) is 1.78. The number of halogens is 1. The van der Waals surface area contributed by atoms with Crippen molar-refractivity contribution in [2.45, 2.75) is 30.6 Å². The van der Waals surface area contributed by atoms with Gasteiger partial charge in [-0.2, -0.15) is 0 Å². The Labute approximate surface area is 158 Å². The molecule has 3 aromatic rings. The number of nitrogens with zero attached hydrogens (tertiary/aromatic N) is 4. The zero-order valence-corrected chi connectivity index (χ0v) is 15.1. The van der Waals surface area contributed by atoms with Crippen molar-refractivity contribution in [1.29, 1.82) is 0 Å². The summed E-state index contributed by atoms with van der Waals surface area (Å²) in [5, 5.41) is 0. The lowest BCUT2D eigenvalue weighted by atomic mass is 9.73. The van der Waals surface area contributed by atoms with Crippen LogP contribution in [0.1, 0.15) is 41.9 Å². The fraction of sp³-hybridized carbons (Fsp3) is 0.318. The summed E-state index contributed by atoms with van der Waals surface area (Å²) in [4.78, 5) is 14.8. The van der Waals surface area contributed by atoms with Crippen molar-refractivity contribution in [1.82, 2.24) is 15.0 Å². The van der Waals surface area contributed by atoms with Crippen molar-refractivity contribution >= 4 is 5.95 Å². The van der Waals surface area contributed by atoms with Crippen LogP contribution in [-0.4, -0.2) is 28.0 Å². The average Bonchev–Trinajstić information content (AvgIpc) is 3.05. The average molecular weight is 360 g/mol. The second-order valence-corrected chi connectivity index (χ2v) is 7.60. The maximum absolute atomic E-state index is 13.1. The third-order valence-electron chi connectivity index (χ3n) is 6.20. The normalized spacial score (nSPS) is 20.6.